The van der Waals surface area contributed by atoms with Crippen molar-refractivity contribution in [1.82, 2.24) is 10.2 Å². The van der Waals surface area contributed by atoms with Crippen LogP contribution in [0.3, 0.4) is 0 Å². The maximum atomic E-state index is 12.4. The molecule has 0 saturated carbocycles. The Labute approximate surface area is 156 Å². The lowest BCUT2D eigenvalue weighted by Crippen LogP contribution is -2.49. The lowest BCUT2D eigenvalue weighted by Gasteiger charge is -2.43. The number of carbonyl (C=O) groups excluding carboxylic acids is 1. The first-order chi connectivity index (χ1) is 12.7. The maximum absolute atomic E-state index is 12.4. The van der Waals surface area contributed by atoms with Gasteiger partial charge >= 0.3 is 6.03 Å². The van der Waals surface area contributed by atoms with Crippen molar-refractivity contribution >= 4 is 6.03 Å². The highest BCUT2D eigenvalue weighted by Crippen LogP contribution is 2.38. The largest absolute Gasteiger partial charge is 0.396 e. The smallest absolute Gasteiger partial charge is 0.317 e. The summed E-state index contributed by atoms with van der Waals surface area (Å²) in [7, 11) is 0. The predicted molar refractivity (Wildman–Crippen MR) is 102 cm³/mol. The van der Waals surface area contributed by atoms with Gasteiger partial charge in [-0.15, -0.1) is 0 Å². The summed E-state index contributed by atoms with van der Waals surface area (Å²) in [5, 5.41) is 13.0. The van der Waals surface area contributed by atoms with Gasteiger partial charge in [0.1, 0.15) is 0 Å². The molecular weight excluding hydrogens is 328 g/mol. The fraction of sp³-hybridized carbons (Fsp3) is 0.667. The Balaban J connectivity index is 1.42. The molecule has 0 unspecified atom stereocenters. The Morgan fingerprint density at radius 1 is 1.23 bits per heavy atom. The average molecular weight is 360 g/mol. The fourth-order valence-electron chi connectivity index (χ4n) is 4.13. The third kappa shape index (κ3) is 5.21. The molecule has 0 aromatic heterocycles. The summed E-state index contributed by atoms with van der Waals surface area (Å²) >= 11 is 0. The van der Waals surface area contributed by atoms with E-state index in [2.05, 4.69) is 17.4 Å². The summed E-state index contributed by atoms with van der Waals surface area (Å²) in [6.07, 6.45) is 7.24. The van der Waals surface area contributed by atoms with Crippen molar-refractivity contribution in [2.75, 3.05) is 32.8 Å². The van der Waals surface area contributed by atoms with E-state index in [1.807, 2.05) is 23.1 Å². The molecule has 2 heterocycles. The number of urea groups is 1. The van der Waals surface area contributed by atoms with Crippen molar-refractivity contribution in [1.29, 1.82) is 0 Å². The number of aliphatic hydroxyl groups is 1. The van der Waals surface area contributed by atoms with Gasteiger partial charge < -0.3 is 20.1 Å². The molecular formula is C21H32N2O3. The standard InChI is InChI=1S/C21H32N2O3/c24-17-21(16-19-8-4-5-15-26-19)10-13-23(14-11-21)20(25)22-12-9-18-6-2-1-3-7-18/h1-3,6-7,19,24H,4-5,8-17H2,(H,22,25)/t19-/m0/s1. The zero-order chi connectivity index (χ0) is 18.2. The van der Waals surface area contributed by atoms with Crippen LogP contribution in [0.2, 0.25) is 0 Å². The van der Waals surface area contributed by atoms with Crippen molar-refractivity contribution in [2.45, 2.75) is 51.0 Å². The molecule has 2 N–H and O–H groups in total. The van der Waals surface area contributed by atoms with Crippen LogP contribution in [0.1, 0.15) is 44.1 Å². The van der Waals surface area contributed by atoms with Crippen LogP contribution in [-0.2, 0) is 11.2 Å². The number of piperidine rings is 1. The van der Waals surface area contributed by atoms with Gasteiger partial charge in [0.2, 0.25) is 0 Å². The number of nitrogens with zero attached hydrogens (tertiary/aromatic N) is 1. The number of benzene rings is 1. The molecule has 1 aromatic carbocycles. The van der Waals surface area contributed by atoms with E-state index >= 15 is 0 Å². The van der Waals surface area contributed by atoms with Crippen LogP contribution in [0.15, 0.2) is 30.3 Å². The van der Waals surface area contributed by atoms with Gasteiger partial charge in [-0.05, 0) is 55.9 Å². The summed E-state index contributed by atoms with van der Waals surface area (Å²) in [4.78, 5) is 14.3. The first-order valence-corrected chi connectivity index (χ1v) is 10.00. The Morgan fingerprint density at radius 2 is 2.00 bits per heavy atom. The molecule has 0 radical (unpaired) electrons. The number of nitrogens with one attached hydrogen (secondary N) is 1. The van der Waals surface area contributed by atoms with E-state index in [-0.39, 0.29) is 24.2 Å². The van der Waals surface area contributed by atoms with Gasteiger partial charge in [-0.3, -0.25) is 0 Å². The van der Waals surface area contributed by atoms with Crippen molar-refractivity contribution in [2.24, 2.45) is 5.41 Å². The Kier molecular flexibility index (Phi) is 6.92. The molecule has 0 aliphatic carbocycles. The van der Waals surface area contributed by atoms with Gasteiger partial charge in [-0.1, -0.05) is 30.3 Å². The molecule has 2 saturated heterocycles. The molecule has 5 heteroatoms. The highest BCUT2D eigenvalue weighted by Gasteiger charge is 2.38. The first-order valence-electron chi connectivity index (χ1n) is 10.00. The van der Waals surface area contributed by atoms with E-state index in [4.69, 9.17) is 4.74 Å². The van der Waals surface area contributed by atoms with Gasteiger partial charge in [0.05, 0.1) is 6.10 Å². The minimum atomic E-state index is -0.0805. The fourth-order valence-corrected chi connectivity index (χ4v) is 4.13. The maximum Gasteiger partial charge on any atom is 0.317 e. The Hall–Kier alpha value is -1.59. The van der Waals surface area contributed by atoms with Crippen LogP contribution >= 0.6 is 0 Å². The predicted octanol–water partition coefficient (Wildman–Crippen LogP) is 2.97. The van der Waals surface area contributed by atoms with E-state index < -0.39 is 0 Å². The molecule has 144 valence electrons. The van der Waals surface area contributed by atoms with Crippen molar-refractivity contribution in [3.05, 3.63) is 35.9 Å². The zero-order valence-electron chi connectivity index (χ0n) is 15.7. The third-order valence-corrected chi connectivity index (χ3v) is 5.91. The summed E-state index contributed by atoms with van der Waals surface area (Å²) in [6.45, 7) is 3.12. The minimum absolute atomic E-state index is 0.0152. The van der Waals surface area contributed by atoms with Crippen LogP contribution in [0.5, 0.6) is 0 Å². The zero-order valence-corrected chi connectivity index (χ0v) is 15.7. The summed E-state index contributed by atoms with van der Waals surface area (Å²) in [5.41, 5.74) is 1.15. The lowest BCUT2D eigenvalue weighted by molar-refractivity contribution is -0.0444. The SMILES string of the molecule is O=C(NCCc1ccccc1)N1CCC(CO)(C[C@@H]2CCCCO2)CC1. The Bertz CT molecular complexity index is 550. The number of rotatable bonds is 6. The van der Waals surface area contributed by atoms with Crippen LogP contribution < -0.4 is 5.32 Å². The van der Waals surface area contributed by atoms with E-state index in [0.29, 0.717) is 19.6 Å². The second kappa shape index (κ2) is 9.38. The van der Waals surface area contributed by atoms with Gasteiger partial charge in [0, 0.05) is 32.8 Å². The molecule has 0 bridgehead atoms. The van der Waals surface area contributed by atoms with E-state index in [0.717, 1.165) is 45.1 Å². The molecule has 5 nitrogen and oxygen atoms in total. The van der Waals surface area contributed by atoms with Crippen LogP contribution in [-0.4, -0.2) is 55.0 Å². The van der Waals surface area contributed by atoms with Crippen LogP contribution in [0, 0.1) is 5.41 Å². The highest BCUT2D eigenvalue weighted by atomic mass is 16.5. The molecule has 3 rings (SSSR count). The number of hydrogen-bond acceptors (Lipinski definition) is 3. The summed E-state index contributed by atoms with van der Waals surface area (Å²) in [6, 6.07) is 10.2. The van der Waals surface area contributed by atoms with E-state index in [1.54, 1.807) is 0 Å². The number of ether oxygens (including phenoxy) is 1. The number of amides is 2. The monoisotopic (exact) mass is 360 g/mol. The number of likely N-dealkylation sites (tertiary alicyclic amines) is 1. The Morgan fingerprint density at radius 3 is 2.65 bits per heavy atom. The molecule has 2 fully saturated rings. The second-order valence-electron chi connectivity index (χ2n) is 7.81. The number of hydrogen-bond donors (Lipinski definition) is 2. The topological polar surface area (TPSA) is 61.8 Å². The van der Waals surface area contributed by atoms with Crippen LogP contribution in [0.4, 0.5) is 4.79 Å². The minimum Gasteiger partial charge on any atom is -0.396 e. The highest BCUT2D eigenvalue weighted by molar-refractivity contribution is 5.74. The lowest BCUT2D eigenvalue weighted by atomic mass is 9.74. The molecule has 2 aliphatic rings. The molecule has 1 atom stereocenters. The quantitative estimate of drug-likeness (QED) is 0.820. The van der Waals surface area contributed by atoms with Crippen molar-refractivity contribution < 1.29 is 14.6 Å². The third-order valence-electron chi connectivity index (χ3n) is 5.91. The molecule has 1 aromatic rings. The number of aliphatic hydroxyl groups excluding tert-OH is 1. The van der Waals surface area contributed by atoms with Gasteiger partial charge in [-0.25, -0.2) is 4.79 Å². The molecule has 0 spiro atoms. The summed E-state index contributed by atoms with van der Waals surface area (Å²) < 4.78 is 5.87. The van der Waals surface area contributed by atoms with Crippen LogP contribution in [0.25, 0.3) is 0 Å². The van der Waals surface area contributed by atoms with Crippen molar-refractivity contribution in [3.63, 3.8) is 0 Å². The molecule has 26 heavy (non-hydrogen) atoms. The van der Waals surface area contributed by atoms with Gasteiger partial charge in [0.25, 0.3) is 0 Å². The average Bonchev–Trinajstić information content (AvgIpc) is 2.70. The molecule has 2 amide bonds. The van der Waals surface area contributed by atoms with Gasteiger partial charge in [0.15, 0.2) is 0 Å². The first kappa shape index (κ1) is 19.2. The summed E-state index contributed by atoms with van der Waals surface area (Å²) in [5.74, 6) is 0. The number of carbonyl (C=O) groups is 1. The van der Waals surface area contributed by atoms with E-state index in [9.17, 15) is 9.90 Å². The van der Waals surface area contributed by atoms with E-state index in [1.165, 1.54) is 12.0 Å². The van der Waals surface area contributed by atoms with Gasteiger partial charge in [-0.2, -0.15) is 0 Å². The molecule has 2 aliphatic heterocycles. The second-order valence-corrected chi connectivity index (χ2v) is 7.81. The van der Waals surface area contributed by atoms with Crippen molar-refractivity contribution in [3.8, 4) is 0 Å². The normalized spacial score (nSPS) is 22.8.